The maximum atomic E-state index is 9.00. The first-order valence-corrected chi connectivity index (χ1v) is 6.49. The molecule has 0 saturated heterocycles. The molecule has 0 fully saturated rings. The number of fused-ring (bicyclic) bond motifs is 1. The second-order valence-corrected chi connectivity index (χ2v) is 4.57. The molecular weight excluding hydrogens is 278 g/mol. The lowest BCUT2D eigenvalue weighted by Gasteiger charge is -2.04. The number of nitrogens with zero attached hydrogens (tertiary/aromatic N) is 5. The van der Waals surface area contributed by atoms with E-state index in [0.29, 0.717) is 29.6 Å². The third-order valence-corrected chi connectivity index (χ3v) is 3.18. The third kappa shape index (κ3) is 2.12. The van der Waals surface area contributed by atoms with Crippen LogP contribution < -0.4 is 0 Å². The average molecular weight is 288 g/mol. The molecule has 7 heteroatoms. The molecular formula is C13H10ClN5O. The average Bonchev–Trinajstić information content (AvgIpc) is 3.03. The van der Waals surface area contributed by atoms with E-state index in [0.717, 1.165) is 11.0 Å². The fourth-order valence-electron chi connectivity index (χ4n) is 2.06. The highest BCUT2D eigenvalue weighted by Gasteiger charge is 2.13. The van der Waals surface area contributed by atoms with Crippen molar-refractivity contribution in [1.29, 1.82) is 5.26 Å². The van der Waals surface area contributed by atoms with Crippen LogP contribution in [0.2, 0.25) is 0 Å². The Kier molecular flexibility index (Phi) is 3.12. The molecule has 3 aromatic rings. The molecule has 0 aliphatic rings. The minimum Gasteiger partial charge on any atom is -0.337 e. The van der Waals surface area contributed by atoms with Crippen LogP contribution in [-0.2, 0) is 12.4 Å². The normalized spacial score (nSPS) is 10.8. The highest BCUT2D eigenvalue weighted by atomic mass is 35.5. The van der Waals surface area contributed by atoms with Crippen molar-refractivity contribution in [2.24, 2.45) is 0 Å². The number of alkyl halides is 1. The van der Waals surface area contributed by atoms with E-state index in [2.05, 4.69) is 21.2 Å². The SMILES string of the molecule is Cc1noc(Cn2c(CCl)nc3ccc(C#N)cc32)n1. The number of halogens is 1. The zero-order valence-electron chi connectivity index (χ0n) is 10.7. The summed E-state index contributed by atoms with van der Waals surface area (Å²) >= 11 is 5.93. The van der Waals surface area contributed by atoms with Crippen molar-refractivity contribution in [3.05, 3.63) is 41.3 Å². The van der Waals surface area contributed by atoms with E-state index < -0.39 is 0 Å². The first-order valence-electron chi connectivity index (χ1n) is 5.95. The maximum absolute atomic E-state index is 9.00. The van der Waals surface area contributed by atoms with Crippen molar-refractivity contribution in [2.45, 2.75) is 19.3 Å². The van der Waals surface area contributed by atoms with Gasteiger partial charge in [-0.3, -0.25) is 0 Å². The molecule has 0 bridgehead atoms. The van der Waals surface area contributed by atoms with Crippen molar-refractivity contribution in [3.8, 4) is 6.07 Å². The molecule has 0 aliphatic carbocycles. The van der Waals surface area contributed by atoms with Crippen LogP contribution in [0.4, 0.5) is 0 Å². The fraction of sp³-hybridized carbons (Fsp3) is 0.231. The molecule has 0 atom stereocenters. The quantitative estimate of drug-likeness (QED) is 0.691. The second-order valence-electron chi connectivity index (χ2n) is 4.30. The Morgan fingerprint density at radius 2 is 2.25 bits per heavy atom. The van der Waals surface area contributed by atoms with Gasteiger partial charge < -0.3 is 9.09 Å². The van der Waals surface area contributed by atoms with Crippen LogP contribution in [0.1, 0.15) is 23.1 Å². The van der Waals surface area contributed by atoms with Gasteiger partial charge in [0.25, 0.3) is 0 Å². The van der Waals surface area contributed by atoms with Crippen LogP contribution in [-0.4, -0.2) is 19.7 Å². The molecule has 6 nitrogen and oxygen atoms in total. The Bertz CT molecular complexity index is 814. The maximum Gasteiger partial charge on any atom is 0.246 e. The number of nitriles is 1. The molecule has 0 aliphatic heterocycles. The summed E-state index contributed by atoms with van der Waals surface area (Å²) in [6.45, 7) is 2.14. The van der Waals surface area contributed by atoms with Gasteiger partial charge in [-0.15, -0.1) is 11.6 Å². The van der Waals surface area contributed by atoms with Gasteiger partial charge >= 0.3 is 0 Å². The Hall–Kier alpha value is -2.39. The Morgan fingerprint density at radius 1 is 1.40 bits per heavy atom. The smallest absolute Gasteiger partial charge is 0.246 e. The predicted octanol–water partition coefficient (Wildman–Crippen LogP) is 2.39. The molecule has 0 spiro atoms. The molecule has 0 saturated carbocycles. The number of benzene rings is 1. The summed E-state index contributed by atoms with van der Waals surface area (Å²) in [6.07, 6.45) is 0. The summed E-state index contributed by atoms with van der Waals surface area (Å²) in [7, 11) is 0. The standard InChI is InChI=1S/C13H10ClN5O/c1-8-16-13(20-18-8)7-19-11-4-9(6-15)2-3-10(11)17-12(19)5-14/h2-4H,5,7H2,1H3. The molecule has 20 heavy (non-hydrogen) atoms. The van der Waals surface area contributed by atoms with E-state index in [9.17, 15) is 0 Å². The van der Waals surface area contributed by atoms with Gasteiger partial charge in [0, 0.05) is 0 Å². The molecule has 0 amide bonds. The van der Waals surface area contributed by atoms with E-state index in [1.165, 1.54) is 0 Å². The van der Waals surface area contributed by atoms with E-state index in [4.69, 9.17) is 21.4 Å². The van der Waals surface area contributed by atoms with Gasteiger partial charge in [0.2, 0.25) is 5.89 Å². The van der Waals surface area contributed by atoms with Gasteiger partial charge in [0.15, 0.2) is 5.82 Å². The Balaban J connectivity index is 2.13. The number of rotatable bonds is 3. The lowest BCUT2D eigenvalue weighted by atomic mass is 10.2. The summed E-state index contributed by atoms with van der Waals surface area (Å²) in [5.41, 5.74) is 2.19. The molecule has 1 aromatic carbocycles. The molecule has 2 heterocycles. The number of aromatic nitrogens is 4. The van der Waals surface area contributed by atoms with Crippen molar-refractivity contribution >= 4 is 22.6 Å². The number of imidazole rings is 1. The van der Waals surface area contributed by atoms with Crippen molar-refractivity contribution < 1.29 is 4.52 Å². The zero-order chi connectivity index (χ0) is 14.1. The second kappa shape index (κ2) is 4.94. The molecule has 2 aromatic heterocycles. The van der Waals surface area contributed by atoms with Gasteiger partial charge in [-0.1, -0.05) is 5.16 Å². The molecule has 3 rings (SSSR count). The number of hydrogen-bond acceptors (Lipinski definition) is 5. The first kappa shape index (κ1) is 12.6. The van der Waals surface area contributed by atoms with Gasteiger partial charge in [0.1, 0.15) is 12.4 Å². The van der Waals surface area contributed by atoms with E-state index in [1.54, 1.807) is 25.1 Å². The van der Waals surface area contributed by atoms with E-state index >= 15 is 0 Å². The van der Waals surface area contributed by atoms with Crippen molar-refractivity contribution in [3.63, 3.8) is 0 Å². The highest BCUT2D eigenvalue weighted by Crippen LogP contribution is 2.20. The number of hydrogen-bond donors (Lipinski definition) is 0. The fourth-order valence-corrected chi connectivity index (χ4v) is 2.26. The van der Waals surface area contributed by atoms with Crippen LogP contribution in [0, 0.1) is 18.3 Å². The zero-order valence-corrected chi connectivity index (χ0v) is 11.4. The Morgan fingerprint density at radius 3 is 2.90 bits per heavy atom. The van der Waals surface area contributed by atoms with Gasteiger partial charge in [-0.05, 0) is 25.1 Å². The molecule has 100 valence electrons. The van der Waals surface area contributed by atoms with Gasteiger partial charge in [0.05, 0.1) is 28.5 Å². The van der Waals surface area contributed by atoms with Crippen molar-refractivity contribution in [2.75, 3.05) is 0 Å². The third-order valence-electron chi connectivity index (χ3n) is 2.94. The van der Waals surface area contributed by atoms with Crippen LogP contribution in [0.3, 0.4) is 0 Å². The summed E-state index contributed by atoms with van der Waals surface area (Å²) < 4.78 is 7.01. The minimum atomic E-state index is 0.268. The van der Waals surface area contributed by atoms with Crippen LogP contribution in [0.5, 0.6) is 0 Å². The molecule has 0 unspecified atom stereocenters. The topological polar surface area (TPSA) is 80.5 Å². The summed E-state index contributed by atoms with van der Waals surface area (Å²) in [5, 5.41) is 12.8. The lowest BCUT2D eigenvalue weighted by molar-refractivity contribution is 0.368. The highest BCUT2D eigenvalue weighted by molar-refractivity contribution is 6.16. The lowest BCUT2D eigenvalue weighted by Crippen LogP contribution is -2.04. The van der Waals surface area contributed by atoms with Gasteiger partial charge in [-0.25, -0.2) is 4.98 Å². The summed E-state index contributed by atoms with van der Waals surface area (Å²) in [5.74, 6) is 2.03. The summed E-state index contributed by atoms with van der Waals surface area (Å²) in [6, 6.07) is 7.43. The minimum absolute atomic E-state index is 0.268. The molecule has 0 radical (unpaired) electrons. The predicted molar refractivity (Wildman–Crippen MR) is 72.1 cm³/mol. The van der Waals surface area contributed by atoms with Crippen LogP contribution in [0.15, 0.2) is 22.7 Å². The molecule has 0 N–H and O–H groups in total. The Labute approximate surface area is 119 Å². The first-order chi connectivity index (χ1) is 9.71. The largest absolute Gasteiger partial charge is 0.337 e. The summed E-state index contributed by atoms with van der Waals surface area (Å²) in [4.78, 5) is 8.62. The number of aryl methyl sites for hydroxylation is 1. The monoisotopic (exact) mass is 287 g/mol. The van der Waals surface area contributed by atoms with Gasteiger partial charge in [-0.2, -0.15) is 10.2 Å². The van der Waals surface area contributed by atoms with Crippen LogP contribution in [0.25, 0.3) is 11.0 Å². The van der Waals surface area contributed by atoms with Crippen LogP contribution >= 0.6 is 11.6 Å². The van der Waals surface area contributed by atoms with E-state index in [1.807, 2.05) is 4.57 Å². The van der Waals surface area contributed by atoms with E-state index in [-0.39, 0.29) is 5.88 Å². The van der Waals surface area contributed by atoms with Crippen molar-refractivity contribution in [1.82, 2.24) is 19.7 Å².